The van der Waals surface area contributed by atoms with Crippen LogP contribution in [0.5, 0.6) is 0 Å². The van der Waals surface area contributed by atoms with Gasteiger partial charge in [0.25, 0.3) is 5.91 Å². The van der Waals surface area contributed by atoms with Gasteiger partial charge >= 0.3 is 5.97 Å². The molecule has 0 aliphatic carbocycles. The Morgan fingerprint density at radius 2 is 2.15 bits per heavy atom. The minimum Gasteiger partial charge on any atom is -0.478 e. The van der Waals surface area contributed by atoms with Crippen molar-refractivity contribution in [2.75, 3.05) is 6.61 Å². The summed E-state index contributed by atoms with van der Waals surface area (Å²) in [5, 5.41) is 11.4. The maximum Gasteiger partial charge on any atom is 0.335 e. The van der Waals surface area contributed by atoms with E-state index in [1.165, 1.54) is 12.1 Å². The molecule has 20 heavy (non-hydrogen) atoms. The van der Waals surface area contributed by atoms with Crippen molar-refractivity contribution >= 4 is 11.9 Å². The number of carbonyl (C=O) groups is 2. The van der Waals surface area contributed by atoms with Gasteiger partial charge in [0.1, 0.15) is 5.82 Å². The fraction of sp³-hybridized carbons (Fsp3) is 0.429. The number of carbonyl (C=O) groups excluding carboxylic acids is 1. The van der Waals surface area contributed by atoms with Gasteiger partial charge in [0.2, 0.25) is 0 Å². The van der Waals surface area contributed by atoms with Crippen molar-refractivity contribution in [3.63, 3.8) is 0 Å². The molecule has 1 aromatic carbocycles. The normalized spacial score (nSPS) is 20.6. The third-order valence-electron chi connectivity index (χ3n) is 3.21. The Hall–Kier alpha value is -1.95. The van der Waals surface area contributed by atoms with Gasteiger partial charge in [-0.25, -0.2) is 9.18 Å². The summed E-state index contributed by atoms with van der Waals surface area (Å²) >= 11 is 0. The predicted molar refractivity (Wildman–Crippen MR) is 69.3 cm³/mol. The summed E-state index contributed by atoms with van der Waals surface area (Å²) in [6.45, 7) is 4.22. The van der Waals surface area contributed by atoms with E-state index >= 15 is 0 Å². The van der Waals surface area contributed by atoms with Gasteiger partial charge in [-0.2, -0.15) is 0 Å². The Bertz CT molecular complexity index is 556. The van der Waals surface area contributed by atoms with Crippen molar-refractivity contribution in [1.82, 2.24) is 5.32 Å². The summed E-state index contributed by atoms with van der Waals surface area (Å²) < 4.78 is 19.2. The molecule has 6 heteroatoms. The highest BCUT2D eigenvalue weighted by molar-refractivity contribution is 5.96. The van der Waals surface area contributed by atoms with E-state index in [9.17, 15) is 14.0 Å². The molecule has 0 aromatic heterocycles. The van der Waals surface area contributed by atoms with E-state index in [4.69, 9.17) is 9.84 Å². The van der Waals surface area contributed by atoms with Gasteiger partial charge < -0.3 is 15.2 Å². The van der Waals surface area contributed by atoms with E-state index in [1.807, 2.05) is 13.8 Å². The molecular weight excluding hydrogens is 265 g/mol. The Labute approximate surface area is 115 Å². The predicted octanol–water partition coefficient (Wildman–Crippen LogP) is 1.82. The monoisotopic (exact) mass is 281 g/mol. The molecule has 1 aliphatic heterocycles. The average molecular weight is 281 g/mol. The van der Waals surface area contributed by atoms with Crippen molar-refractivity contribution in [2.45, 2.75) is 31.9 Å². The highest BCUT2D eigenvalue weighted by atomic mass is 19.1. The van der Waals surface area contributed by atoms with Crippen molar-refractivity contribution < 1.29 is 23.8 Å². The lowest BCUT2D eigenvalue weighted by molar-refractivity contribution is 0.0355. The number of nitrogens with one attached hydrogen (secondary N) is 1. The van der Waals surface area contributed by atoms with Gasteiger partial charge in [0.05, 0.1) is 29.4 Å². The number of halogens is 1. The van der Waals surface area contributed by atoms with E-state index in [-0.39, 0.29) is 22.8 Å². The van der Waals surface area contributed by atoms with Gasteiger partial charge in [-0.3, -0.25) is 4.79 Å². The van der Waals surface area contributed by atoms with Crippen LogP contribution in [0.4, 0.5) is 4.39 Å². The molecule has 1 atom stereocenters. The summed E-state index contributed by atoms with van der Waals surface area (Å²) in [7, 11) is 0. The van der Waals surface area contributed by atoms with Crippen LogP contribution in [0.3, 0.4) is 0 Å². The largest absolute Gasteiger partial charge is 0.478 e. The Morgan fingerprint density at radius 1 is 1.45 bits per heavy atom. The lowest BCUT2D eigenvalue weighted by atomic mass is 10.0. The summed E-state index contributed by atoms with van der Waals surface area (Å²) in [6, 6.07) is 3.05. The summed E-state index contributed by atoms with van der Waals surface area (Å²) in [6.07, 6.45) is 0.646. The summed E-state index contributed by atoms with van der Waals surface area (Å²) in [4.78, 5) is 22.7. The molecule has 1 fully saturated rings. The molecule has 0 radical (unpaired) electrons. The summed E-state index contributed by atoms with van der Waals surface area (Å²) in [5.41, 5.74) is -0.659. The molecular formula is C14H16FNO4. The number of hydrogen-bond donors (Lipinski definition) is 2. The standard InChI is InChI=1S/C14H16FNO4/c1-14(2)6-9(7-20-14)16-12(17)10-4-3-8(13(18)19)5-11(10)15/h3-5,9H,6-7H2,1-2H3,(H,16,17)(H,18,19). The zero-order valence-electron chi connectivity index (χ0n) is 11.3. The topological polar surface area (TPSA) is 75.6 Å². The lowest BCUT2D eigenvalue weighted by Crippen LogP contribution is -2.36. The molecule has 1 heterocycles. The molecule has 2 rings (SSSR count). The van der Waals surface area contributed by atoms with Gasteiger partial charge in [-0.05, 0) is 38.5 Å². The second-order valence-electron chi connectivity index (χ2n) is 5.44. The van der Waals surface area contributed by atoms with Crippen LogP contribution >= 0.6 is 0 Å². The van der Waals surface area contributed by atoms with Crippen LogP contribution in [-0.2, 0) is 4.74 Å². The molecule has 0 bridgehead atoms. The molecule has 1 amide bonds. The van der Waals surface area contributed by atoms with Crippen molar-refractivity contribution in [3.8, 4) is 0 Å². The Balaban J connectivity index is 2.08. The SMILES string of the molecule is CC1(C)CC(NC(=O)c2ccc(C(=O)O)cc2F)CO1. The van der Waals surface area contributed by atoms with E-state index in [0.29, 0.717) is 13.0 Å². The second kappa shape index (κ2) is 5.20. The zero-order chi connectivity index (χ0) is 14.9. The maximum absolute atomic E-state index is 13.7. The number of amides is 1. The second-order valence-corrected chi connectivity index (χ2v) is 5.44. The van der Waals surface area contributed by atoms with Gasteiger partial charge in [-0.15, -0.1) is 0 Å². The van der Waals surface area contributed by atoms with Crippen LogP contribution in [0.15, 0.2) is 18.2 Å². The molecule has 0 saturated carbocycles. The van der Waals surface area contributed by atoms with Crippen LogP contribution < -0.4 is 5.32 Å². The molecule has 1 aliphatic rings. The lowest BCUT2D eigenvalue weighted by Gasteiger charge is -2.16. The Kier molecular flexibility index (Phi) is 3.76. The maximum atomic E-state index is 13.7. The van der Waals surface area contributed by atoms with Crippen LogP contribution in [0.25, 0.3) is 0 Å². The first-order valence-corrected chi connectivity index (χ1v) is 6.26. The number of ether oxygens (including phenoxy) is 1. The number of benzene rings is 1. The fourth-order valence-electron chi connectivity index (χ4n) is 2.23. The molecule has 5 nitrogen and oxygen atoms in total. The van der Waals surface area contributed by atoms with Gasteiger partial charge in [0, 0.05) is 0 Å². The number of carboxylic acids is 1. The highest BCUT2D eigenvalue weighted by Crippen LogP contribution is 2.24. The van der Waals surface area contributed by atoms with Crippen molar-refractivity contribution in [2.24, 2.45) is 0 Å². The first-order valence-electron chi connectivity index (χ1n) is 6.26. The van der Waals surface area contributed by atoms with E-state index < -0.39 is 17.7 Å². The molecule has 1 aromatic rings. The van der Waals surface area contributed by atoms with Gasteiger partial charge in [-0.1, -0.05) is 0 Å². The highest BCUT2D eigenvalue weighted by Gasteiger charge is 2.33. The summed E-state index contributed by atoms with van der Waals surface area (Å²) in [5.74, 6) is -2.65. The molecule has 2 N–H and O–H groups in total. The van der Waals surface area contributed by atoms with E-state index in [2.05, 4.69) is 5.32 Å². The average Bonchev–Trinajstić information content (AvgIpc) is 2.68. The number of hydrogen-bond acceptors (Lipinski definition) is 3. The van der Waals surface area contributed by atoms with E-state index in [1.54, 1.807) is 0 Å². The quantitative estimate of drug-likeness (QED) is 0.886. The smallest absolute Gasteiger partial charge is 0.335 e. The third kappa shape index (κ3) is 3.14. The number of rotatable bonds is 3. The molecule has 108 valence electrons. The molecule has 1 saturated heterocycles. The minimum absolute atomic E-state index is 0.167. The Morgan fingerprint density at radius 3 is 2.65 bits per heavy atom. The number of aromatic carboxylic acids is 1. The van der Waals surface area contributed by atoms with Crippen LogP contribution in [0.2, 0.25) is 0 Å². The zero-order valence-corrected chi connectivity index (χ0v) is 11.3. The molecule has 1 unspecified atom stereocenters. The minimum atomic E-state index is -1.23. The van der Waals surface area contributed by atoms with E-state index in [0.717, 1.165) is 6.07 Å². The van der Waals surface area contributed by atoms with Crippen LogP contribution in [-0.4, -0.2) is 35.2 Å². The first kappa shape index (κ1) is 14.5. The van der Waals surface area contributed by atoms with Gasteiger partial charge in [0.15, 0.2) is 0 Å². The molecule has 0 spiro atoms. The van der Waals surface area contributed by atoms with Crippen LogP contribution in [0.1, 0.15) is 41.0 Å². The van der Waals surface area contributed by atoms with Crippen LogP contribution in [0, 0.1) is 5.82 Å². The first-order chi connectivity index (χ1) is 9.28. The number of carboxylic acid groups (broad SMARTS) is 1. The third-order valence-corrected chi connectivity index (χ3v) is 3.21. The fourth-order valence-corrected chi connectivity index (χ4v) is 2.23. The van der Waals surface area contributed by atoms with Crippen molar-refractivity contribution in [3.05, 3.63) is 35.1 Å². The van der Waals surface area contributed by atoms with Crippen molar-refractivity contribution in [1.29, 1.82) is 0 Å².